The van der Waals surface area contributed by atoms with Crippen LogP contribution >= 0.6 is 23.5 Å². The van der Waals surface area contributed by atoms with Crippen molar-refractivity contribution in [2.24, 2.45) is 11.8 Å². The predicted molar refractivity (Wildman–Crippen MR) is 217 cm³/mol. The molecule has 4 aromatic carbocycles. The van der Waals surface area contributed by atoms with Gasteiger partial charge in [-0.25, -0.2) is 0 Å². The summed E-state index contributed by atoms with van der Waals surface area (Å²) in [5.41, 5.74) is 12.8. The summed E-state index contributed by atoms with van der Waals surface area (Å²) in [7, 11) is 0. The Bertz CT molecular complexity index is 2350. The number of nitrogens with zero attached hydrogens (tertiary/aromatic N) is 1. The molecule has 0 saturated heterocycles. The molecule has 7 aliphatic rings. The third kappa shape index (κ3) is 4.58. The number of rotatable bonds is 3. The predicted octanol–water partition coefficient (Wildman–Crippen LogP) is 12.4. The molecule has 4 aliphatic carbocycles. The zero-order valence-corrected chi connectivity index (χ0v) is 30.6. The van der Waals surface area contributed by atoms with Gasteiger partial charge in [0.25, 0.3) is 0 Å². The second-order valence-corrected chi connectivity index (χ2v) is 17.1. The van der Waals surface area contributed by atoms with Gasteiger partial charge in [-0.3, -0.25) is 0 Å². The van der Waals surface area contributed by atoms with Crippen LogP contribution in [0.2, 0.25) is 0 Å². The van der Waals surface area contributed by atoms with E-state index in [2.05, 4.69) is 169 Å². The molecule has 4 atom stereocenters. The molecule has 0 saturated carbocycles. The molecule has 0 bridgehead atoms. The monoisotopic (exact) mass is 705 g/mol. The van der Waals surface area contributed by atoms with Gasteiger partial charge in [-0.1, -0.05) is 163 Å². The van der Waals surface area contributed by atoms with Crippen molar-refractivity contribution in [1.29, 1.82) is 0 Å². The first kappa shape index (κ1) is 30.9. The summed E-state index contributed by atoms with van der Waals surface area (Å²) in [6.07, 6.45) is 30.6. The van der Waals surface area contributed by atoms with Crippen molar-refractivity contribution < 1.29 is 0 Å². The van der Waals surface area contributed by atoms with Crippen LogP contribution in [-0.4, -0.2) is 17.0 Å². The standard InChI is InChI=1S/C49H39NS2/c1-3-13-32(14-4-1)33-25-28-47-42(29-33)49(39-18-8-11-21-45(39)51-46-22-12-9-19-40(46)49)41-27-24-35(31-48(41)52-47)34-23-26-38-37-17-7-10-20-43(37)50(44(38)30-34)36-15-5-2-6-16-36/h1-15,17-23,25-26,28-29,31,34,36-37,43H,16,24,27,30H2. The normalized spacial score (nSPS) is 25.7. The Balaban J connectivity index is 1.05. The van der Waals surface area contributed by atoms with E-state index in [9.17, 15) is 0 Å². The first-order valence-corrected chi connectivity index (χ1v) is 20.5. The van der Waals surface area contributed by atoms with E-state index in [0.717, 1.165) is 25.7 Å². The lowest BCUT2D eigenvalue weighted by molar-refractivity contribution is 0.240. The first-order chi connectivity index (χ1) is 25.8. The Morgan fingerprint density at radius 3 is 2.19 bits per heavy atom. The van der Waals surface area contributed by atoms with E-state index < -0.39 is 0 Å². The molecule has 3 aliphatic heterocycles. The molecule has 3 heterocycles. The SMILES string of the molecule is C1=CCC(N2C3=C(C=CC(C4=CC5=C(CC4)C4(c6cc(-c7ccccc7)ccc6S5)c5ccccc5Sc5ccccc54)C3)C3C=CC=CC32)C=C1. The number of thioether (sulfide) groups is 1. The maximum Gasteiger partial charge on any atom is 0.0708 e. The summed E-state index contributed by atoms with van der Waals surface area (Å²) in [6, 6.07) is 37.5. The summed E-state index contributed by atoms with van der Waals surface area (Å²) in [5, 5.41) is 0. The fourth-order valence-corrected chi connectivity index (χ4v) is 12.6. The van der Waals surface area contributed by atoms with E-state index in [-0.39, 0.29) is 5.41 Å². The molecule has 0 radical (unpaired) electrons. The van der Waals surface area contributed by atoms with Crippen molar-refractivity contribution in [2.45, 2.75) is 57.9 Å². The van der Waals surface area contributed by atoms with Gasteiger partial charge in [-0.2, -0.15) is 0 Å². The van der Waals surface area contributed by atoms with Gasteiger partial charge in [0.1, 0.15) is 0 Å². The minimum atomic E-state index is -0.337. The molecular formula is C49H39NS2. The Hall–Kier alpha value is -4.70. The molecule has 4 unspecified atom stereocenters. The van der Waals surface area contributed by atoms with Crippen LogP contribution in [0.25, 0.3) is 11.1 Å². The van der Waals surface area contributed by atoms with Gasteiger partial charge in [-0.05, 0) is 95.0 Å². The van der Waals surface area contributed by atoms with E-state index in [1.165, 1.54) is 53.0 Å². The van der Waals surface area contributed by atoms with Crippen molar-refractivity contribution in [1.82, 2.24) is 4.90 Å². The lowest BCUT2D eigenvalue weighted by Crippen LogP contribution is -2.40. The van der Waals surface area contributed by atoms with Crippen LogP contribution < -0.4 is 0 Å². The Morgan fingerprint density at radius 1 is 0.635 bits per heavy atom. The minimum Gasteiger partial charge on any atom is -0.360 e. The second-order valence-electron chi connectivity index (χ2n) is 15.0. The van der Waals surface area contributed by atoms with E-state index >= 15 is 0 Å². The molecule has 0 fully saturated rings. The van der Waals surface area contributed by atoms with Gasteiger partial charge < -0.3 is 4.90 Å². The van der Waals surface area contributed by atoms with Gasteiger partial charge in [0.2, 0.25) is 0 Å². The van der Waals surface area contributed by atoms with E-state index in [1.54, 1.807) is 16.8 Å². The van der Waals surface area contributed by atoms with Crippen LogP contribution in [0.1, 0.15) is 42.4 Å². The maximum absolute atomic E-state index is 2.77. The summed E-state index contributed by atoms with van der Waals surface area (Å²) >= 11 is 3.94. The van der Waals surface area contributed by atoms with Gasteiger partial charge in [0, 0.05) is 37.1 Å². The van der Waals surface area contributed by atoms with Crippen LogP contribution in [0.3, 0.4) is 0 Å². The van der Waals surface area contributed by atoms with Crippen molar-refractivity contribution in [3.05, 3.63) is 208 Å². The van der Waals surface area contributed by atoms with Gasteiger partial charge in [0.15, 0.2) is 0 Å². The molecule has 4 aromatic rings. The summed E-state index contributed by atoms with van der Waals surface area (Å²) in [4.78, 5) is 8.34. The maximum atomic E-state index is 2.77. The zero-order chi connectivity index (χ0) is 34.2. The highest BCUT2D eigenvalue weighted by Gasteiger charge is 2.50. The lowest BCUT2D eigenvalue weighted by atomic mass is 9.61. The zero-order valence-electron chi connectivity index (χ0n) is 29.0. The third-order valence-corrected chi connectivity index (χ3v) is 14.7. The smallest absolute Gasteiger partial charge is 0.0708 e. The lowest BCUT2D eigenvalue weighted by Gasteiger charge is -2.48. The minimum absolute atomic E-state index is 0.337. The molecule has 0 aromatic heterocycles. The third-order valence-electron chi connectivity index (χ3n) is 12.4. The molecule has 0 N–H and O–H groups in total. The molecule has 1 nitrogen and oxygen atoms in total. The molecule has 252 valence electrons. The van der Waals surface area contributed by atoms with Crippen molar-refractivity contribution >= 4 is 23.5 Å². The number of hydrogen-bond acceptors (Lipinski definition) is 3. The largest absolute Gasteiger partial charge is 0.360 e. The van der Waals surface area contributed by atoms with Crippen LogP contribution in [0.5, 0.6) is 0 Å². The number of allylic oxidation sites excluding steroid dienone is 10. The highest BCUT2D eigenvalue weighted by molar-refractivity contribution is 8.03. The molecule has 3 heteroatoms. The summed E-state index contributed by atoms with van der Waals surface area (Å²) in [6.45, 7) is 0. The summed E-state index contributed by atoms with van der Waals surface area (Å²) in [5.74, 6) is 0.855. The van der Waals surface area contributed by atoms with Crippen molar-refractivity contribution in [2.75, 3.05) is 0 Å². The Morgan fingerprint density at radius 2 is 1.38 bits per heavy atom. The number of fused-ring (bicyclic) bond motifs is 9. The average Bonchev–Trinajstić information content (AvgIpc) is 3.55. The fourth-order valence-electron chi connectivity index (χ4n) is 10.1. The van der Waals surface area contributed by atoms with Crippen LogP contribution in [-0.2, 0) is 5.41 Å². The molecule has 0 amide bonds. The van der Waals surface area contributed by atoms with Crippen LogP contribution in [0.4, 0.5) is 0 Å². The molecule has 52 heavy (non-hydrogen) atoms. The van der Waals surface area contributed by atoms with Crippen LogP contribution in [0, 0.1) is 11.8 Å². The first-order valence-electron chi connectivity index (χ1n) is 18.8. The van der Waals surface area contributed by atoms with Crippen molar-refractivity contribution in [3.8, 4) is 11.1 Å². The second kappa shape index (κ2) is 12.2. The van der Waals surface area contributed by atoms with E-state index in [0.29, 0.717) is 23.9 Å². The molecular weight excluding hydrogens is 667 g/mol. The fraction of sp³-hybridized carbons (Fsp3) is 0.184. The molecule has 1 spiro atoms. The van der Waals surface area contributed by atoms with Gasteiger partial charge in [-0.15, -0.1) is 0 Å². The number of benzene rings is 4. The highest BCUT2D eigenvalue weighted by Crippen LogP contribution is 2.64. The summed E-state index contributed by atoms with van der Waals surface area (Å²) < 4.78 is 0. The number of hydrogen-bond donors (Lipinski definition) is 0. The van der Waals surface area contributed by atoms with Crippen LogP contribution in [0.15, 0.2) is 206 Å². The van der Waals surface area contributed by atoms with E-state index in [4.69, 9.17) is 0 Å². The quantitative estimate of drug-likeness (QED) is 0.209. The van der Waals surface area contributed by atoms with Crippen molar-refractivity contribution in [3.63, 3.8) is 0 Å². The average molecular weight is 706 g/mol. The Labute approximate surface area is 315 Å². The Kier molecular flexibility index (Phi) is 7.24. The van der Waals surface area contributed by atoms with Gasteiger partial charge in [0.05, 0.1) is 17.5 Å². The molecule has 11 rings (SSSR count). The van der Waals surface area contributed by atoms with E-state index in [1.807, 2.05) is 23.5 Å². The van der Waals surface area contributed by atoms with Gasteiger partial charge >= 0.3 is 0 Å². The highest BCUT2D eigenvalue weighted by atomic mass is 32.2. The topological polar surface area (TPSA) is 3.24 Å².